The normalized spacial score (nSPS) is 14.8. The van der Waals surface area contributed by atoms with Crippen molar-refractivity contribution in [1.29, 1.82) is 0 Å². The minimum absolute atomic E-state index is 0.176. The minimum Gasteiger partial charge on any atom is -0.333 e. The maximum atomic E-state index is 5.08. The van der Waals surface area contributed by atoms with Gasteiger partial charge >= 0.3 is 0 Å². The zero-order chi connectivity index (χ0) is 31.6. The lowest BCUT2D eigenvalue weighted by Crippen LogP contribution is -2.09. The number of nitrogens with zero attached hydrogens (tertiary/aromatic N) is 3. The van der Waals surface area contributed by atoms with Crippen LogP contribution in [0.2, 0.25) is 0 Å². The van der Waals surface area contributed by atoms with Crippen LogP contribution >= 0.6 is 11.3 Å². The molecule has 3 heterocycles. The highest BCUT2D eigenvalue weighted by Gasteiger charge is 2.22. The molecule has 9 aromatic rings. The standard InChI is InChI=1S/C44H29N3S/c1-3-12-29(13-4-1)36-27-37(30-14-5-2-6-15-30)46-44(45-36)31-19-22-32(23-20-31)47-38-18-10-9-17-34(38)42-39(47)25-24-35-41-33-16-8-7-11-28(33)21-26-40(41)48-43(35)42/h1-22,24-27,32H,23H2. The molecule has 0 fully saturated rings. The van der Waals surface area contributed by atoms with Crippen LogP contribution in [-0.4, -0.2) is 14.5 Å². The maximum Gasteiger partial charge on any atom is 0.160 e. The molecule has 0 bridgehead atoms. The monoisotopic (exact) mass is 631 g/mol. The summed E-state index contributed by atoms with van der Waals surface area (Å²) in [5.41, 5.74) is 7.63. The van der Waals surface area contributed by atoms with Gasteiger partial charge in [0, 0.05) is 53.2 Å². The summed E-state index contributed by atoms with van der Waals surface area (Å²) in [5, 5.41) is 7.98. The van der Waals surface area contributed by atoms with Gasteiger partial charge in [-0.15, -0.1) is 11.3 Å². The molecule has 0 saturated carbocycles. The van der Waals surface area contributed by atoms with Crippen LogP contribution in [0.5, 0.6) is 0 Å². The van der Waals surface area contributed by atoms with Crippen LogP contribution in [0, 0.1) is 0 Å². The van der Waals surface area contributed by atoms with E-state index in [1.54, 1.807) is 0 Å². The number of hydrogen-bond donors (Lipinski definition) is 0. The van der Waals surface area contributed by atoms with Gasteiger partial charge in [0.15, 0.2) is 5.82 Å². The fourth-order valence-electron chi connectivity index (χ4n) is 7.50. The molecule has 1 aliphatic carbocycles. The van der Waals surface area contributed by atoms with Gasteiger partial charge < -0.3 is 4.57 Å². The lowest BCUT2D eigenvalue weighted by molar-refractivity contribution is 0.649. The van der Waals surface area contributed by atoms with Crippen LogP contribution in [0.4, 0.5) is 0 Å². The van der Waals surface area contributed by atoms with Gasteiger partial charge in [-0.25, -0.2) is 9.97 Å². The second-order valence-electron chi connectivity index (χ2n) is 12.5. The molecular formula is C44H29N3S. The van der Waals surface area contributed by atoms with Crippen molar-refractivity contribution < 1.29 is 0 Å². The molecule has 226 valence electrons. The first-order valence-electron chi connectivity index (χ1n) is 16.4. The van der Waals surface area contributed by atoms with E-state index < -0.39 is 0 Å². The topological polar surface area (TPSA) is 30.7 Å². The van der Waals surface area contributed by atoms with Gasteiger partial charge in [0.05, 0.1) is 22.9 Å². The highest BCUT2D eigenvalue weighted by atomic mass is 32.1. The van der Waals surface area contributed by atoms with Crippen LogP contribution in [0.15, 0.2) is 158 Å². The van der Waals surface area contributed by atoms with E-state index >= 15 is 0 Å². The van der Waals surface area contributed by atoms with Crippen molar-refractivity contribution in [3.05, 3.63) is 164 Å². The van der Waals surface area contributed by atoms with Crippen molar-refractivity contribution in [2.75, 3.05) is 0 Å². The van der Waals surface area contributed by atoms with Gasteiger partial charge in [-0.05, 0) is 41.5 Å². The Balaban J connectivity index is 1.10. The Labute approximate surface area is 281 Å². The van der Waals surface area contributed by atoms with E-state index in [-0.39, 0.29) is 6.04 Å². The average Bonchev–Trinajstić information content (AvgIpc) is 3.72. The number of benzene rings is 6. The number of thiophene rings is 1. The van der Waals surface area contributed by atoms with E-state index in [0.717, 1.165) is 40.3 Å². The lowest BCUT2D eigenvalue weighted by Gasteiger charge is -2.20. The zero-order valence-electron chi connectivity index (χ0n) is 26.0. The van der Waals surface area contributed by atoms with Gasteiger partial charge in [0.2, 0.25) is 0 Å². The van der Waals surface area contributed by atoms with Crippen LogP contribution < -0.4 is 0 Å². The van der Waals surface area contributed by atoms with Crippen LogP contribution in [0.3, 0.4) is 0 Å². The summed E-state index contributed by atoms with van der Waals surface area (Å²) in [5.74, 6) is 0.756. The van der Waals surface area contributed by atoms with Gasteiger partial charge in [-0.1, -0.05) is 133 Å². The number of aromatic nitrogens is 3. The first kappa shape index (κ1) is 27.3. The molecule has 0 radical (unpaired) electrons. The molecule has 48 heavy (non-hydrogen) atoms. The summed E-state index contributed by atoms with van der Waals surface area (Å²) in [6.45, 7) is 0. The number of hydrogen-bond acceptors (Lipinski definition) is 3. The van der Waals surface area contributed by atoms with Crippen molar-refractivity contribution in [2.24, 2.45) is 0 Å². The fourth-order valence-corrected chi connectivity index (χ4v) is 8.77. The quantitative estimate of drug-likeness (QED) is 0.193. The smallest absolute Gasteiger partial charge is 0.160 e. The molecular weight excluding hydrogens is 603 g/mol. The van der Waals surface area contributed by atoms with E-state index in [4.69, 9.17) is 9.97 Å². The van der Waals surface area contributed by atoms with Crippen LogP contribution in [-0.2, 0) is 0 Å². The van der Waals surface area contributed by atoms with Crippen molar-refractivity contribution in [3.8, 4) is 22.5 Å². The molecule has 6 aromatic carbocycles. The molecule has 3 nitrogen and oxygen atoms in total. The first-order chi connectivity index (χ1) is 23.8. The number of rotatable bonds is 4. The summed E-state index contributed by atoms with van der Waals surface area (Å²) in [7, 11) is 0. The second kappa shape index (κ2) is 10.9. The predicted molar refractivity (Wildman–Crippen MR) is 204 cm³/mol. The van der Waals surface area contributed by atoms with Crippen molar-refractivity contribution in [1.82, 2.24) is 14.5 Å². The summed E-state index contributed by atoms with van der Waals surface area (Å²) in [4.78, 5) is 10.2. The summed E-state index contributed by atoms with van der Waals surface area (Å²) < 4.78 is 5.24. The third kappa shape index (κ3) is 4.27. The largest absolute Gasteiger partial charge is 0.333 e. The Hall–Kier alpha value is -5.84. The molecule has 0 aliphatic heterocycles. The van der Waals surface area contributed by atoms with Gasteiger partial charge in [0.25, 0.3) is 0 Å². The van der Waals surface area contributed by atoms with Gasteiger partial charge in [-0.2, -0.15) is 0 Å². The highest BCUT2D eigenvalue weighted by Crippen LogP contribution is 2.46. The molecule has 0 saturated heterocycles. The molecule has 3 aromatic heterocycles. The molecule has 0 spiro atoms. The molecule has 0 amide bonds. The fraction of sp³-hybridized carbons (Fsp3) is 0.0455. The molecule has 1 atom stereocenters. The minimum atomic E-state index is 0.176. The van der Waals surface area contributed by atoms with Crippen LogP contribution in [0.1, 0.15) is 18.3 Å². The zero-order valence-corrected chi connectivity index (χ0v) is 26.9. The Morgan fingerprint density at radius 3 is 2.00 bits per heavy atom. The average molecular weight is 632 g/mol. The predicted octanol–water partition coefficient (Wildman–Crippen LogP) is 12.0. The first-order valence-corrected chi connectivity index (χ1v) is 17.3. The summed E-state index contributed by atoms with van der Waals surface area (Å²) >= 11 is 1.92. The third-order valence-electron chi connectivity index (χ3n) is 9.73. The van der Waals surface area contributed by atoms with E-state index in [1.165, 1.54) is 52.8 Å². The van der Waals surface area contributed by atoms with Gasteiger partial charge in [0.1, 0.15) is 0 Å². The van der Waals surface area contributed by atoms with Crippen LogP contribution in [0.25, 0.3) is 80.8 Å². The van der Waals surface area contributed by atoms with E-state index in [2.05, 4.69) is 150 Å². The Morgan fingerprint density at radius 1 is 0.583 bits per heavy atom. The summed E-state index contributed by atoms with van der Waals surface area (Å²) in [6.07, 6.45) is 7.73. The molecule has 1 aliphatic rings. The molecule has 1 unspecified atom stereocenters. The van der Waals surface area contributed by atoms with Gasteiger partial charge in [-0.3, -0.25) is 0 Å². The van der Waals surface area contributed by atoms with E-state index in [0.29, 0.717) is 0 Å². The Kier molecular flexibility index (Phi) is 6.18. The lowest BCUT2D eigenvalue weighted by atomic mass is 10.0. The Bertz CT molecular complexity index is 2690. The number of para-hydroxylation sites is 1. The maximum absolute atomic E-state index is 5.08. The van der Waals surface area contributed by atoms with E-state index in [9.17, 15) is 0 Å². The number of fused-ring (bicyclic) bond motifs is 9. The van der Waals surface area contributed by atoms with Crippen molar-refractivity contribution in [3.63, 3.8) is 0 Å². The second-order valence-corrected chi connectivity index (χ2v) is 13.6. The van der Waals surface area contributed by atoms with Crippen molar-refractivity contribution in [2.45, 2.75) is 12.5 Å². The Morgan fingerprint density at radius 2 is 1.27 bits per heavy atom. The highest BCUT2D eigenvalue weighted by molar-refractivity contribution is 7.27. The van der Waals surface area contributed by atoms with E-state index in [1.807, 2.05) is 23.5 Å². The molecule has 10 rings (SSSR count). The number of allylic oxidation sites excluding steroid dienone is 4. The van der Waals surface area contributed by atoms with Crippen molar-refractivity contribution >= 4 is 69.7 Å². The SMILES string of the molecule is C1=CC(n2c3ccccc3c3c4sc5ccc6ccccc6c5c4ccc32)CC=C1c1nc(-c2ccccc2)cc(-c2ccccc2)n1. The summed E-state index contributed by atoms with van der Waals surface area (Å²) in [6, 6.07) is 49.9. The third-order valence-corrected chi connectivity index (χ3v) is 10.9. The molecule has 4 heteroatoms. The molecule has 0 N–H and O–H groups in total.